The molecular formula is C16H21NO2. The molecule has 1 atom stereocenters. The first-order chi connectivity index (χ1) is 9.19. The van der Waals surface area contributed by atoms with Gasteiger partial charge in [0, 0.05) is 6.42 Å². The maximum absolute atomic E-state index is 12.5. The molecule has 19 heavy (non-hydrogen) atoms. The zero-order valence-corrected chi connectivity index (χ0v) is 11.2. The quantitative estimate of drug-likeness (QED) is 0.908. The van der Waals surface area contributed by atoms with Crippen molar-refractivity contribution >= 4 is 5.78 Å². The number of fused-ring (bicyclic) bond motifs is 1. The number of rotatable bonds is 3. The van der Waals surface area contributed by atoms with Gasteiger partial charge in [0.25, 0.3) is 0 Å². The summed E-state index contributed by atoms with van der Waals surface area (Å²) in [4.78, 5) is 12.5. The third-order valence-corrected chi connectivity index (χ3v) is 4.57. The van der Waals surface area contributed by atoms with Crippen molar-refractivity contribution in [2.24, 2.45) is 5.73 Å². The summed E-state index contributed by atoms with van der Waals surface area (Å²) in [6, 6.07) is 8.05. The van der Waals surface area contributed by atoms with E-state index in [4.69, 9.17) is 10.5 Å². The van der Waals surface area contributed by atoms with Crippen LogP contribution in [0.15, 0.2) is 24.3 Å². The van der Waals surface area contributed by atoms with Crippen molar-refractivity contribution in [1.29, 1.82) is 0 Å². The smallest absolute Gasteiger partial charge is 0.153 e. The SMILES string of the molecule is NC1(C(=O)CC2CCOc3ccccc32)CCCC1. The Morgan fingerprint density at radius 1 is 1.32 bits per heavy atom. The van der Waals surface area contributed by atoms with Gasteiger partial charge in [-0.2, -0.15) is 0 Å². The highest BCUT2D eigenvalue weighted by Gasteiger charge is 2.38. The van der Waals surface area contributed by atoms with Crippen LogP contribution in [0.4, 0.5) is 0 Å². The predicted molar refractivity (Wildman–Crippen MR) is 74.3 cm³/mol. The van der Waals surface area contributed by atoms with Crippen LogP contribution >= 0.6 is 0 Å². The number of Topliss-reactive ketones (excluding diaryl/α,β-unsaturated/α-hetero) is 1. The number of ketones is 1. The summed E-state index contributed by atoms with van der Waals surface area (Å²) in [6.45, 7) is 0.701. The van der Waals surface area contributed by atoms with Gasteiger partial charge < -0.3 is 10.5 Å². The van der Waals surface area contributed by atoms with E-state index in [1.807, 2.05) is 18.2 Å². The molecule has 0 radical (unpaired) electrons. The fourth-order valence-electron chi connectivity index (χ4n) is 3.34. The molecule has 0 amide bonds. The lowest BCUT2D eigenvalue weighted by molar-refractivity contribution is -0.124. The fourth-order valence-corrected chi connectivity index (χ4v) is 3.34. The second kappa shape index (κ2) is 4.97. The Bertz CT molecular complexity index is 477. The molecule has 1 aromatic carbocycles. The molecule has 3 heteroatoms. The monoisotopic (exact) mass is 259 g/mol. The van der Waals surface area contributed by atoms with E-state index in [9.17, 15) is 4.79 Å². The molecule has 2 aliphatic rings. The molecule has 1 saturated carbocycles. The Balaban J connectivity index is 1.76. The molecule has 0 aromatic heterocycles. The first kappa shape index (κ1) is 12.7. The number of ether oxygens (including phenoxy) is 1. The van der Waals surface area contributed by atoms with E-state index < -0.39 is 5.54 Å². The minimum Gasteiger partial charge on any atom is -0.493 e. The summed E-state index contributed by atoms with van der Waals surface area (Å²) < 4.78 is 5.64. The van der Waals surface area contributed by atoms with Crippen LogP contribution in [0.2, 0.25) is 0 Å². The summed E-state index contributed by atoms with van der Waals surface area (Å²) >= 11 is 0. The number of hydrogen-bond donors (Lipinski definition) is 1. The lowest BCUT2D eigenvalue weighted by Crippen LogP contribution is -2.45. The van der Waals surface area contributed by atoms with Crippen LogP contribution in [-0.4, -0.2) is 17.9 Å². The van der Waals surface area contributed by atoms with Gasteiger partial charge in [-0.15, -0.1) is 0 Å². The largest absolute Gasteiger partial charge is 0.493 e. The lowest BCUT2D eigenvalue weighted by Gasteiger charge is -2.29. The minimum absolute atomic E-state index is 0.242. The van der Waals surface area contributed by atoms with Crippen molar-refractivity contribution < 1.29 is 9.53 Å². The molecule has 1 aliphatic carbocycles. The molecule has 1 heterocycles. The van der Waals surface area contributed by atoms with Crippen LogP contribution in [0.5, 0.6) is 5.75 Å². The molecule has 1 fully saturated rings. The van der Waals surface area contributed by atoms with Crippen molar-refractivity contribution in [2.75, 3.05) is 6.61 Å². The number of nitrogens with two attached hydrogens (primary N) is 1. The summed E-state index contributed by atoms with van der Waals surface area (Å²) in [5, 5.41) is 0. The molecule has 3 nitrogen and oxygen atoms in total. The average Bonchev–Trinajstić information content (AvgIpc) is 2.87. The van der Waals surface area contributed by atoms with Gasteiger partial charge in [-0.3, -0.25) is 4.79 Å². The first-order valence-electron chi connectivity index (χ1n) is 7.23. The lowest BCUT2D eigenvalue weighted by atomic mass is 9.82. The maximum Gasteiger partial charge on any atom is 0.153 e. The van der Waals surface area contributed by atoms with Gasteiger partial charge in [0.1, 0.15) is 5.75 Å². The van der Waals surface area contributed by atoms with Crippen LogP contribution in [0.25, 0.3) is 0 Å². The number of benzene rings is 1. The molecule has 1 aliphatic heterocycles. The highest BCUT2D eigenvalue weighted by atomic mass is 16.5. The average molecular weight is 259 g/mol. The van der Waals surface area contributed by atoms with E-state index >= 15 is 0 Å². The molecule has 1 unspecified atom stereocenters. The number of carbonyl (C=O) groups is 1. The van der Waals surface area contributed by atoms with Crippen molar-refractivity contribution in [3.63, 3.8) is 0 Å². The molecule has 0 saturated heterocycles. The van der Waals surface area contributed by atoms with Crippen LogP contribution in [0.1, 0.15) is 50.0 Å². The van der Waals surface area contributed by atoms with E-state index in [1.54, 1.807) is 0 Å². The van der Waals surface area contributed by atoms with Gasteiger partial charge in [0.2, 0.25) is 0 Å². The Morgan fingerprint density at radius 3 is 2.84 bits per heavy atom. The maximum atomic E-state index is 12.5. The molecule has 1 aromatic rings. The zero-order chi connectivity index (χ0) is 13.3. The molecule has 3 rings (SSSR count). The van der Waals surface area contributed by atoms with Gasteiger partial charge in [0.05, 0.1) is 12.1 Å². The normalized spacial score (nSPS) is 24.6. The topological polar surface area (TPSA) is 52.3 Å². The van der Waals surface area contributed by atoms with E-state index in [1.165, 1.54) is 5.56 Å². The Hall–Kier alpha value is -1.35. The molecule has 0 spiro atoms. The third kappa shape index (κ3) is 2.39. The number of hydrogen-bond acceptors (Lipinski definition) is 3. The molecule has 0 bridgehead atoms. The van der Waals surface area contributed by atoms with Gasteiger partial charge in [0.15, 0.2) is 5.78 Å². The molecule has 102 valence electrons. The standard InChI is InChI=1S/C16H21NO2/c17-16(8-3-4-9-16)15(18)11-12-7-10-19-14-6-2-1-5-13(12)14/h1-2,5-6,12H,3-4,7-11,17H2. The van der Waals surface area contributed by atoms with Crippen LogP contribution in [0.3, 0.4) is 0 Å². The van der Waals surface area contributed by atoms with Gasteiger partial charge >= 0.3 is 0 Å². The van der Waals surface area contributed by atoms with Gasteiger partial charge in [-0.1, -0.05) is 31.0 Å². The van der Waals surface area contributed by atoms with Crippen molar-refractivity contribution in [3.05, 3.63) is 29.8 Å². The van der Waals surface area contributed by atoms with E-state index in [0.29, 0.717) is 13.0 Å². The van der Waals surface area contributed by atoms with E-state index in [2.05, 4.69) is 6.07 Å². The summed E-state index contributed by atoms with van der Waals surface area (Å²) in [5.41, 5.74) is 6.88. The van der Waals surface area contributed by atoms with Crippen LogP contribution in [-0.2, 0) is 4.79 Å². The molecule has 2 N–H and O–H groups in total. The van der Waals surface area contributed by atoms with Crippen LogP contribution in [0, 0.1) is 0 Å². The summed E-state index contributed by atoms with van der Waals surface area (Å²) in [6.07, 6.45) is 5.38. The Morgan fingerprint density at radius 2 is 2.05 bits per heavy atom. The Labute approximate surface area is 114 Å². The van der Waals surface area contributed by atoms with Crippen molar-refractivity contribution in [3.8, 4) is 5.75 Å². The third-order valence-electron chi connectivity index (χ3n) is 4.57. The van der Waals surface area contributed by atoms with Crippen molar-refractivity contribution in [1.82, 2.24) is 0 Å². The van der Waals surface area contributed by atoms with Crippen LogP contribution < -0.4 is 10.5 Å². The van der Waals surface area contributed by atoms with Crippen molar-refractivity contribution in [2.45, 2.75) is 50.0 Å². The summed E-state index contributed by atoms with van der Waals surface area (Å²) in [5.74, 6) is 1.45. The fraction of sp³-hybridized carbons (Fsp3) is 0.562. The second-order valence-corrected chi connectivity index (χ2v) is 5.86. The highest BCUT2D eigenvalue weighted by Crippen LogP contribution is 2.38. The number of carbonyl (C=O) groups excluding carboxylic acids is 1. The van der Waals surface area contributed by atoms with E-state index in [0.717, 1.165) is 37.9 Å². The first-order valence-corrected chi connectivity index (χ1v) is 7.23. The van der Waals surface area contributed by atoms with Gasteiger partial charge in [-0.05, 0) is 36.8 Å². The zero-order valence-electron chi connectivity index (χ0n) is 11.2. The van der Waals surface area contributed by atoms with E-state index in [-0.39, 0.29) is 11.7 Å². The van der Waals surface area contributed by atoms with Gasteiger partial charge in [-0.25, -0.2) is 0 Å². The Kier molecular flexibility index (Phi) is 3.31. The molecular weight excluding hydrogens is 238 g/mol. The number of para-hydroxylation sites is 1. The second-order valence-electron chi connectivity index (χ2n) is 5.86. The highest BCUT2D eigenvalue weighted by molar-refractivity contribution is 5.89. The predicted octanol–water partition coefficient (Wildman–Crippen LogP) is 2.78. The minimum atomic E-state index is -0.548. The summed E-state index contributed by atoms with van der Waals surface area (Å²) in [7, 11) is 0.